The van der Waals surface area contributed by atoms with E-state index in [1.165, 1.54) is 12.1 Å². The fraction of sp³-hybridized carbons (Fsp3) is 0.273. The van der Waals surface area contributed by atoms with Gasteiger partial charge in [0.15, 0.2) is 5.88 Å². The van der Waals surface area contributed by atoms with Gasteiger partial charge in [-0.15, -0.1) is 0 Å². The Balaban J connectivity index is 2.11. The van der Waals surface area contributed by atoms with Gasteiger partial charge in [0.2, 0.25) is 5.43 Å². The highest BCUT2D eigenvalue weighted by molar-refractivity contribution is 6.32. The molecule has 8 nitrogen and oxygen atoms in total. The summed E-state index contributed by atoms with van der Waals surface area (Å²) in [7, 11) is 0. The molecular formula is C22H20ClN3O5. The Kier molecular flexibility index (Phi) is 6.47. The summed E-state index contributed by atoms with van der Waals surface area (Å²) in [5.41, 5.74) is 0.210. The summed E-state index contributed by atoms with van der Waals surface area (Å²) in [4.78, 5) is 24.6. The number of carbonyl (C=O) groups is 1. The number of hydrogen-bond donors (Lipinski definition) is 1. The fourth-order valence-electron chi connectivity index (χ4n) is 3.13. The molecule has 0 radical (unpaired) electrons. The number of aromatic nitrogens is 2. The third-order valence-corrected chi connectivity index (χ3v) is 4.99. The molecule has 31 heavy (non-hydrogen) atoms. The minimum absolute atomic E-state index is 0.0373. The van der Waals surface area contributed by atoms with E-state index in [4.69, 9.17) is 26.1 Å². The van der Waals surface area contributed by atoms with Crippen LogP contribution in [0.15, 0.2) is 39.6 Å². The van der Waals surface area contributed by atoms with Crippen molar-refractivity contribution in [2.45, 2.75) is 39.8 Å². The van der Waals surface area contributed by atoms with E-state index in [9.17, 15) is 14.7 Å². The molecule has 0 bridgehead atoms. The lowest BCUT2D eigenvalue weighted by atomic mass is 10.0. The number of pyridine rings is 1. The predicted molar refractivity (Wildman–Crippen MR) is 113 cm³/mol. The van der Waals surface area contributed by atoms with Gasteiger partial charge in [-0.05, 0) is 19.1 Å². The van der Waals surface area contributed by atoms with Crippen molar-refractivity contribution >= 4 is 17.6 Å². The largest absolute Gasteiger partial charge is 0.477 e. The SMILES string of the molecule is CCn1c(OCc2cc(C(C)C)on2)cc(=O)c(C(=O)O)c1-c1ccc(C#N)c(Cl)c1. The molecule has 9 heteroatoms. The van der Waals surface area contributed by atoms with Gasteiger partial charge in [0.25, 0.3) is 0 Å². The molecule has 3 rings (SSSR count). The summed E-state index contributed by atoms with van der Waals surface area (Å²) in [5, 5.41) is 22.9. The highest BCUT2D eigenvalue weighted by Gasteiger charge is 2.23. The molecule has 0 saturated heterocycles. The second-order valence-corrected chi connectivity index (χ2v) is 7.50. The average molecular weight is 442 g/mol. The summed E-state index contributed by atoms with van der Waals surface area (Å²) in [6, 6.07) is 9.36. The van der Waals surface area contributed by atoms with Crippen molar-refractivity contribution in [1.29, 1.82) is 5.26 Å². The number of ether oxygens (including phenoxy) is 1. The molecule has 0 aliphatic rings. The molecular weight excluding hydrogens is 422 g/mol. The Morgan fingerprint density at radius 2 is 2.10 bits per heavy atom. The lowest BCUT2D eigenvalue weighted by Gasteiger charge is -2.19. The Bertz CT molecular complexity index is 1240. The molecule has 0 atom stereocenters. The van der Waals surface area contributed by atoms with Crippen LogP contribution in [0.1, 0.15) is 54.1 Å². The fourth-order valence-corrected chi connectivity index (χ4v) is 3.36. The summed E-state index contributed by atoms with van der Waals surface area (Å²) in [6.07, 6.45) is 0. The van der Waals surface area contributed by atoms with Crippen molar-refractivity contribution in [2.75, 3.05) is 0 Å². The summed E-state index contributed by atoms with van der Waals surface area (Å²) in [5.74, 6) is -0.312. The number of halogens is 1. The van der Waals surface area contributed by atoms with Crippen LogP contribution in [0, 0.1) is 11.3 Å². The molecule has 2 heterocycles. The van der Waals surface area contributed by atoms with Gasteiger partial charge in [0.05, 0.1) is 16.3 Å². The van der Waals surface area contributed by atoms with E-state index in [1.54, 1.807) is 23.6 Å². The number of nitrogens with zero attached hydrogens (tertiary/aromatic N) is 3. The van der Waals surface area contributed by atoms with E-state index in [2.05, 4.69) is 5.16 Å². The normalized spacial score (nSPS) is 10.8. The molecule has 0 amide bonds. The lowest BCUT2D eigenvalue weighted by Crippen LogP contribution is -2.22. The molecule has 160 valence electrons. The van der Waals surface area contributed by atoms with Crippen LogP contribution < -0.4 is 10.2 Å². The molecule has 1 aromatic carbocycles. The van der Waals surface area contributed by atoms with Crippen molar-refractivity contribution in [3.8, 4) is 23.2 Å². The van der Waals surface area contributed by atoms with Crippen LogP contribution >= 0.6 is 11.6 Å². The second-order valence-electron chi connectivity index (χ2n) is 7.09. The van der Waals surface area contributed by atoms with E-state index in [0.29, 0.717) is 23.6 Å². The van der Waals surface area contributed by atoms with Crippen molar-refractivity contribution in [3.63, 3.8) is 0 Å². The molecule has 0 aliphatic heterocycles. The van der Waals surface area contributed by atoms with E-state index in [-0.39, 0.29) is 34.7 Å². The maximum absolute atomic E-state index is 12.7. The molecule has 0 unspecified atom stereocenters. The van der Waals surface area contributed by atoms with Crippen molar-refractivity contribution in [1.82, 2.24) is 9.72 Å². The highest BCUT2D eigenvalue weighted by atomic mass is 35.5. The van der Waals surface area contributed by atoms with Gasteiger partial charge in [0.1, 0.15) is 29.7 Å². The zero-order valence-electron chi connectivity index (χ0n) is 17.2. The minimum Gasteiger partial charge on any atom is -0.477 e. The van der Waals surface area contributed by atoms with Crippen LogP contribution in [-0.4, -0.2) is 20.8 Å². The van der Waals surface area contributed by atoms with Gasteiger partial charge in [0, 0.05) is 30.2 Å². The second kappa shape index (κ2) is 9.06. The maximum Gasteiger partial charge on any atom is 0.341 e. The summed E-state index contributed by atoms with van der Waals surface area (Å²) in [6.45, 7) is 6.10. The standard InChI is InChI=1S/C22H20ClN3O5/c1-4-26-19(30-11-15-8-18(12(2)3)31-25-15)9-17(27)20(22(28)29)21(26)13-5-6-14(10-24)16(23)7-13/h5-9,12H,4,11H2,1-3H3,(H,28,29). The molecule has 0 saturated carbocycles. The Hall–Kier alpha value is -3.57. The Morgan fingerprint density at radius 3 is 2.65 bits per heavy atom. The molecule has 2 aromatic heterocycles. The number of benzene rings is 1. The minimum atomic E-state index is -1.37. The van der Waals surface area contributed by atoms with Gasteiger partial charge in [-0.3, -0.25) is 4.79 Å². The summed E-state index contributed by atoms with van der Waals surface area (Å²) >= 11 is 6.15. The average Bonchev–Trinajstić information content (AvgIpc) is 3.20. The quantitative estimate of drug-likeness (QED) is 0.575. The van der Waals surface area contributed by atoms with Crippen LogP contribution in [0.25, 0.3) is 11.3 Å². The monoisotopic (exact) mass is 441 g/mol. The van der Waals surface area contributed by atoms with Crippen molar-refractivity contribution in [3.05, 3.63) is 68.2 Å². The lowest BCUT2D eigenvalue weighted by molar-refractivity contribution is 0.0695. The van der Waals surface area contributed by atoms with Gasteiger partial charge < -0.3 is 18.9 Å². The maximum atomic E-state index is 12.7. The molecule has 0 fully saturated rings. The zero-order valence-corrected chi connectivity index (χ0v) is 17.9. The van der Waals surface area contributed by atoms with E-state index >= 15 is 0 Å². The number of rotatable bonds is 7. The molecule has 3 aromatic rings. The Labute approximate surface area is 183 Å². The zero-order chi connectivity index (χ0) is 22.7. The van der Waals surface area contributed by atoms with Crippen LogP contribution in [-0.2, 0) is 13.2 Å². The first-order chi connectivity index (χ1) is 14.8. The highest BCUT2D eigenvalue weighted by Crippen LogP contribution is 2.30. The Morgan fingerprint density at radius 1 is 1.35 bits per heavy atom. The first-order valence-electron chi connectivity index (χ1n) is 9.56. The third kappa shape index (κ3) is 4.47. The van der Waals surface area contributed by atoms with Crippen LogP contribution in [0.4, 0.5) is 0 Å². The first-order valence-corrected chi connectivity index (χ1v) is 9.94. The number of nitriles is 1. The number of carboxylic acid groups (broad SMARTS) is 1. The van der Waals surface area contributed by atoms with Gasteiger partial charge in [-0.1, -0.05) is 36.7 Å². The number of hydrogen-bond acceptors (Lipinski definition) is 6. The summed E-state index contributed by atoms with van der Waals surface area (Å²) < 4.78 is 12.7. The first kappa shape index (κ1) is 22.1. The predicted octanol–water partition coefficient (Wildman–Crippen LogP) is 4.45. The number of carboxylic acids is 1. The van der Waals surface area contributed by atoms with Crippen molar-refractivity contribution in [2.24, 2.45) is 0 Å². The topological polar surface area (TPSA) is 118 Å². The van der Waals surface area contributed by atoms with Crippen LogP contribution in [0.3, 0.4) is 0 Å². The molecule has 0 spiro atoms. The number of aromatic carboxylic acids is 1. The van der Waals surface area contributed by atoms with Gasteiger partial charge in [-0.25, -0.2) is 4.79 Å². The van der Waals surface area contributed by atoms with Crippen LogP contribution in [0.2, 0.25) is 5.02 Å². The van der Waals surface area contributed by atoms with E-state index < -0.39 is 17.0 Å². The molecule has 1 N–H and O–H groups in total. The van der Waals surface area contributed by atoms with Gasteiger partial charge >= 0.3 is 5.97 Å². The third-order valence-electron chi connectivity index (χ3n) is 4.68. The smallest absolute Gasteiger partial charge is 0.341 e. The molecule has 0 aliphatic carbocycles. The van der Waals surface area contributed by atoms with Crippen molar-refractivity contribution < 1.29 is 19.2 Å². The van der Waals surface area contributed by atoms with E-state index in [1.807, 2.05) is 19.9 Å². The van der Waals surface area contributed by atoms with Gasteiger partial charge in [-0.2, -0.15) is 5.26 Å². The van der Waals surface area contributed by atoms with Crippen LogP contribution in [0.5, 0.6) is 5.88 Å². The van der Waals surface area contributed by atoms with E-state index in [0.717, 1.165) is 6.07 Å².